The lowest BCUT2D eigenvalue weighted by Crippen LogP contribution is -2.71. The van der Waals surface area contributed by atoms with Gasteiger partial charge >= 0.3 is 23.5 Å². The predicted molar refractivity (Wildman–Crippen MR) is 190 cm³/mol. The summed E-state index contributed by atoms with van der Waals surface area (Å²) in [7, 11) is 0. The van der Waals surface area contributed by atoms with Crippen LogP contribution in [-0.4, -0.2) is 52.4 Å². The molecule has 8 atom stereocenters. The number of nitrogens with zero attached hydrogens (tertiary/aromatic N) is 2. The minimum Gasteiger partial charge on any atom is -0.482 e. The monoisotopic (exact) mass is 726 g/mol. The number of benzene rings is 1. The summed E-state index contributed by atoms with van der Waals surface area (Å²) in [5, 5.41) is 21.8. The molecular formula is C41H46N2O10. The molecule has 3 aromatic rings. The Hall–Kier alpha value is -5.02. The second-order valence-electron chi connectivity index (χ2n) is 15.9. The first kappa shape index (κ1) is 37.7. The summed E-state index contributed by atoms with van der Waals surface area (Å²) in [5.74, 6) is -3.39. The van der Waals surface area contributed by atoms with E-state index in [2.05, 4.69) is 4.98 Å². The van der Waals surface area contributed by atoms with E-state index in [-0.39, 0.29) is 35.7 Å². The number of hydrogen-bond donors (Lipinski definition) is 1. The molecule has 0 amide bonds. The van der Waals surface area contributed by atoms with Crippen LogP contribution >= 0.6 is 0 Å². The molecule has 2 aliphatic carbocycles. The maximum atomic E-state index is 13.9. The van der Waals surface area contributed by atoms with Crippen LogP contribution in [0.25, 0.3) is 11.3 Å². The van der Waals surface area contributed by atoms with Crippen molar-refractivity contribution in [3.63, 3.8) is 0 Å². The van der Waals surface area contributed by atoms with Gasteiger partial charge in [0, 0.05) is 35.4 Å². The lowest BCUT2D eigenvalue weighted by Gasteiger charge is -2.66. The van der Waals surface area contributed by atoms with Crippen molar-refractivity contribution in [2.75, 3.05) is 6.61 Å². The molecule has 1 aliphatic heterocycles. The van der Waals surface area contributed by atoms with Crippen molar-refractivity contribution in [1.29, 1.82) is 5.26 Å². The molecule has 2 aromatic heterocycles. The van der Waals surface area contributed by atoms with E-state index in [1.165, 1.54) is 24.3 Å². The van der Waals surface area contributed by atoms with Crippen LogP contribution < -0.4 is 10.4 Å². The van der Waals surface area contributed by atoms with Gasteiger partial charge in [0.05, 0.1) is 35.1 Å². The molecule has 0 bridgehead atoms. The van der Waals surface area contributed by atoms with E-state index in [9.17, 15) is 29.5 Å². The Bertz CT molecular complexity index is 1990. The number of carbonyl (C=O) groups excluding carboxylic acids is 3. The molecule has 1 aromatic carbocycles. The van der Waals surface area contributed by atoms with Gasteiger partial charge < -0.3 is 28.5 Å². The maximum Gasteiger partial charge on any atom is 0.345 e. The number of nitriles is 1. The van der Waals surface area contributed by atoms with Crippen LogP contribution in [0.2, 0.25) is 0 Å². The van der Waals surface area contributed by atoms with Crippen LogP contribution in [0.3, 0.4) is 0 Å². The third kappa shape index (κ3) is 6.60. The van der Waals surface area contributed by atoms with Gasteiger partial charge in [0.1, 0.15) is 41.5 Å². The van der Waals surface area contributed by atoms with Crippen LogP contribution in [0.5, 0.6) is 5.75 Å². The van der Waals surface area contributed by atoms with Gasteiger partial charge in [-0.2, -0.15) is 5.26 Å². The molecule has 280 valence electrons. The standard InChI is InChI=1S/C41H46N2O10/c1-22(2)35(45)49-21-40(6)29-18-31(52-37(47)25-12-10-24(19-42)11-13-25)41(7)34(39(29,5)15-14-30(40)51-36(46)23(3)4)33(44)32-28(53-41)17-27(50-38(32)48)26-9-8-16-43-20-26/h8-13,16-17,20,22-23,29-31,33-34,44H,14-15,18,21H2,1-7H3/t29?,30-,31?,33?,34?,39-,40-,41?/m0/s1. The molecule has 53 heavy (non-hydrogen) atoms. The number of rotatable bonds is 8. The number of hydrogen-bond acceptors (Lipinski definition) is 12. The highest BCUT2D eigenvalue weighted by Gasteiger charge is 2.71. The molecule has 3 aliphatic rings. The highest BCUT2D eigenvalue weighted by Crippen LogP contribution is 2.67. The first-order chi connectivity index (χ1) is 25.0. The smallest absolute Gasteiger partial charge is 0.345 e. The third-order valence-corrected chi connectivity index (χ3v) is 11.8. The minimum atomic E-state index is -1.43. The van der Waals surface area contributed by atoms with Crippen LogP contribution in [0.15, 0.2) is 64.1 Å². The van der Waals surface area contributed by atoms with E-state index in [1.54, 1.807) is 65.2 Å². The van der Waals surface area contributed by atoms with Crippen molar-refractivity contribution >= 4 is 17.9 Å². The van der Waals surface area contributed by atoms with Gasteiger partial charge in [-0.05, 0) is 73.9 Å². The highest BCUT2D eigenvalue weighted by molar-refractivity contribution is 5.89. The Morgan fingerprint density at radius 3 is 2.34 bits per heavy atom. The lowest BCUT2D eigenvalue weighted by molar-refractivity contribution is -0.267. The van der Waals surface area contributed by atoms with Crippen LogP contribution in [0.1, 0.15) is 95.3 Å². The fourth-order valence-electron chi connectivity index (χ4n) is 8.93. The fourth-order valence-corrected chi connectivity index (χ4v) is 8.93. The zero-order valence-corrected chi connectivity index (χ0v) is 31.1. The summed E-state index contributed by atoms with van der Waals surface area (Å²) >= 11 is 0. The number of carbonyl (C=O) groups is 3. The highest BCUT2D eigenvalue weighted by atomic mass is 16.6. The number of pyridine rings is 1. The van der Waals surface area contributed by atoms with Crippen LogP contribution in [-0.2, 0) is 23.8 Å². The molecule has 6 rings (SSSR count). The van der Waals surface area contributed by atoms with E-state index in [1.807, 2.05) is 19.9 Å². The Morgan fingerprint density at radius 2 is 1.72 bits per heavy atom. The van der Waals surface area contributed by atoms with E-state index in [0.717, 1.165) is 0 Å². The number of fused-ring (bicyclic) bond motifs is 4. The number of esters is 3. The molecule has 12 heteroatoms. The summed E-state index contributed by atoms with van der Waals surface area (Å²) in [4.78, 5) is 57.8. The maximum absolute atomic E-state index is 13.9. The van der Waals surface area contributed by atoms with Crippen molar-refractivity contribution < 1.29 is 42.9 Å². The first-order valence-corrected chi connectivity index (χ1v) is 18.1. The minimum absolute atomic E-state index is 0.0551. The van der Waals surface area contributed by atoms with E-state index >= 15 is 0 Å². The summed E-state index contributed by atoms with van der Waals surface area (Å²) < 4.78 is 31.0. The molecule has 2 fully saturated rings. The van der Waals surface area contributed by atoms with E-state index in [4.69, 9.17) is 23.4 Å². The molecule has 1 N–H and O–H groups in total. The fraction of sp³-hybridized carbons (Fsp3) is 0.512. The number of aromatic nitrogens is 1. The molecule has 3 heterocycles. The Kier molecular flexibility index (Phi) is 10.0. The van der Waals surface area contributed by atoms with Crippen molar-refractivity contribution in [3.05, 3.63) is 82.0 Å². The van der Waals surface area contributed by atoms with Gasteiger partial charge in [0.2, 0.25) is 0 Å². The third-order valence-electron chi connectivity index (χ3n) is 11.8. The number of ether oxygens (including phenoxy) is 4. The van der Waals surface area contributed by atoms with E-state index < -0.39 is 81.9 Å². The molecule has 12 nitrogen and oxygen atoms in total. The molecule has 5 unspecified atom stereocenters. The van der Waals surface area contributed by atoms with Crippen molar-refractivity contribution in [2.24, 2.45) is 34.5 Å². The summed E-state index contributed by atoms with van der Waals surface area (Å²) in [6, 6.07) is 13.1. The molecule has 2 saturated carbocycles. The topological polar surface area (TPSA) is 175 Å². The van der Waals surface area contributed by atoms with Gasteiger partial charge in [-0.3, -0.25) is 14.6 Å². The largest absolute Gasteiger partial charge is 0.482 e. The summed E-state index contributed by atoms with van der Waals surface area (Å²) in [5.41, 5.74) is -2.98. The molecule has 0 saturated heterocycles. The van der Waals surface area contributed by atoms with E-state index in [0.29, 0.717) is 24.0 Å². The Balaban J connectivity index is 1.50. The van der Waals surface area contributed by atoms with Crippen molar-refractivity contribution in [3.8, 4) is 23.1 Å². The zero-order valence-electron chi connectivity index (χ0n) is 31.1. The predicted octanol–water partition coefficient (Wildman–Crippen LogP) is 6.19. The van der Waals surface area contributed by atoms with Gasteiger partial charge in [-0.25, -0.2) is 9.59 Å². The van der Waals surface area contributed by atoms with Gasteiger partial charge in [-0.1, -0.05) is 41.5 Å². The molecule has 0 spiro atoms. The van der Waals surface area contributed by atoms with Crippen molar-refractivity contribution in [2.45, 2.75) is 91.6 Å². The van der Waals surface area contributed by atoms with Crippen molar-refractivity contribution in [1.82, 2.24) is 4.98 Å². The average Bonchev–Trinajstić information content (AvgIpc) is 3.12. The summed E-state index contributed by atoms with van der Waals surface area (Å²) in [6.45, 7) is 12.5. The normalized spacial score (nSPS) is 30.2. The lowest BCUT2D eigenvalue weighted by atomic mass is 9.42. The van der Waals surface area contributed by atoms with Crippen LogP contribution in [0, 0.1) is 45.8 Å². The SMILES string of the molecule is CC(C)C(=O)OC[C@@]1(C)C2CC(OC(=O)c3ccc(C#N)cc3)C3(C)Oc4cc(-c5cccnc5)oc(=O)c4C(O)C3[C@@]2(C)CC[C@@H]1OC(=O)C(C)C. The van der Waals surface area contributed by atoms with Gasteiger partial charge in [-0.15, -0.1) is 0 Å². The second-order valence-corrected chi connectivity index (χ2v) is 15.9. The summed E-state index contributed by atoms with van der Waals surface area (Å²) in [6.07, 6.45) is 0.985. The molecular weight excluding hydrogens is 680 g/mol. The number of aliphatic hydroxyl groups is 1. The van der Waals surface area contributed by atoms with Gasteiger partial charge in [0.25, 0.3) is 0 Å². The zero-order chi connectivity index (χ0) is 38.5. The second kappa shape index (κ2) is 14.1. The average molecular weight is 727 g/mol. The Labute approximate surface area is 308 Å². The molecule has 0 radical (unpaired) electrons. The number of aliphatic hydroxyl groups excluding tert-OH is 1. The first-order valence-electron chi connectivity index (χ1n) is 18.1. The quantitative estimate of drug-likeness (QED) is 0.206. The Morgan fingerprint density at radius 1 is 1.02 bits per heavy atom. The van der Waals surface area contributed by atoms with Gasteiger partial charge in [0.15, 0.2) is 0 Å². The van der Waals surface area contributed by atoms with Crippen LogP contribution in [0.4, 0.5) is 0 Å².